The van der Waals surface area contributed by atoms with Gasteiger partial charge in [0.05, 0.1) is 0 Å². The second-order valence-corrected chi connectivity index (χ2v) is 7.00. The Balaban J connectivity index is 2.87. The number of nitrogens with zero attached hydrogens (tertiary/aromatic N) is 1. The van der Waals surface area contributed by atoms with Gasteiger partial charge in [0.15, 0.2) is 16.5 Å². The first-order chi connectivity index (χ1) is 8.51. The smallest absolute Gasteiger partial charge is 0.350 e. The zero-order chi connectivity index (χ0) is 14.8. The van der Waals surface area contributed by atoms with Crippen molar-refractivity contribution >= 4 is 40.2 Å². The molecule has 106 valence electrons. The largest absolute Gasteiger partial charge is 0.473 e. The predicted octanol–water partition coefficient (Wildman–Crippen LogP) is 3.84. The summed E-state index contributed by atoms with van der Waals surface area (Å²) in [6, 6.07) is 3.44. The third kappa shape index (κ3) is 5.14. The number of carbonyl (C=O) groups excluding carboxylic acids is 1. The zero-order valence-electron chi connectivity index (χ0n) is 11.6. The van der Waals surface area contributed by atoms with E-state index in [1.54, 1.807) is 46.8 Å². The average molecular weight is 398 g/mol. The van der Waals surface area contributed by atoms with Gasteiger partial charge < -0.3 is 9.47 Å². The summed E-state index contributed by atoms with van der Waals surface area (Å²) < 4.78 is 11.7. The van der Waals surface area contributed by atoms with E-state index < -0.39 is 17.2 Å². The van der Waals surface area contributed by atoms with Gasteiger partial charge in [0.2, 0.25) is 0 Å². The second kappa shape index (κ2) is 5.83. The van der Waals surface area contributed by atoms with E-state index in [-0.39, 0.29) is 5.15 Å². The first-order valence-electron chi connectivity index (χ1n) is 5.76. The van der Waals surface area contributed by atoms with Gasteiger partial charge in [-0.3, -0.25) is 0 Å². The molecule has 0 amide bonds. The van der Waals surface area contributed by atoms with Gasteiger partial charge in [-0.15, -0.1) is 0 Å². The predicted molar refractivity (Wildman–Crippen MR) is 82.5 cm³/mol. The molecule has 1 heterocycles. The highest BCUT2D eigenvalue weighted by Gasteiger charge is 2.35. The van der Waals surface area contributed by atoms with Crippen molar-refractivity contribution in [2.45, 2.75) is 45.8 Å². The number of halogens is 2. The first-order valence-corrected chi connectivity index (χ1v) is 7.21. The minimum Gasteiger partial charge on any atom is -0.473 e. The maximum atomic E-state index is 12.1. The molecule has 0 aromatic carbocycles. The fraction of sp³-hybridized carbons (Fsp3) is 0.538. The van der Waals surface area contributed by atoms with Crippen LogP contribution in [0.4, 0.5) is 0 Å². The number of hydrogen-bond donors (Lipinski definition) is 0. The van der Waals surface area contributed by atoms with E-state index in [2.05, 4.69) is 4.98 Å². The van der Waals surface area contributed by atoms with Crippen LogP contribution in [0.5, 0.6) is 5.75 Å². The van der Waals surface area contributed by atoms with E-state index in [1.807, 2.05) is 22.6 Å². The lowest BCUT2D eigenvalue weighted by atomic mass is 10.1. The molecule has 0 spiro atoms. The zero-order valence-corrected chi connectivity index (χ0v) is 14.5. The quantitative estimate of drug-likeness (QED) is 0.442. The van der Waals surface area contributed by atoms with Crippen molar-refractivity contribution in [1.29, 1.82) is 0 Å². The Hall–Kier alpha value is -0.560. The Kier molecular flexibility index (Phi) is 5.06. The van der Waals surface area contributed by atoms with Gasteiger partial charge in [0, 0.05) is 0 Å². The van der Waals surface area contributed by atoms with Crippen molar-refractivity contribution in [1.82, 2.24) is 4.98 Å². The Morgan fingerprint density at radius 3 is 2.32 bits per heavy atom. The number of pyridine rings is 1. The molecule has 6 heteroatoms. The van der Waals surface area contributed by atoms with Crippen LogP contribution in [-0.2, 0) is 9.53 Å². The number of esters is 1. The molecule has 1 aromatic heterocycles. The van der Waals surface area contributed by atoms with E-state index >= 15 is 0 Å². The molecule has 1 rings (SSSR count). The molecule has 19 heavy (non-hydrogen) atoms. The third-order valence-electron chi connectivity index (χ3n) is 2.04. The van der Waals surface area contributed by atoms with E-state index in [0.717, 1.165) is 3.70 Å². The topological polar surface area (TPSA) is 48.4 Å². The van der Waals surface area contributed by atoms with Crippen LogP contribution in [0.3, 0.4) is 0 Å². The normalized spacial score (nSPS) is 12.2. The number of carbonyl (C=O) groups is 1. The van der Waals surface area contributed by atoms with Crippen molar-refractivity contribution in [3.8, 4) is 5.75 Å². The Morgan fingerprint density at radius 2 is 1.84 bits per heavy atom. The molecule has 0 fully saturated rings. The van der Waals surface area contributed by atoms with Crippen molar-refractivity contribution in [2.75, 3.05) is 0 Å². The fourth-order valence-corrected chi connectivity index (χ4v) is 1.95. The molecule has 0 radical (unpaired) electrons. The van der Waals surface area contributed by atoms with Gasteiger partial charge in [-0.05, 0) is 69.3 Å². The van der Waals surface area contributed by atoms with Crippen LogP contribution in [-0.4, -0.2) is 22.2 Å². The van der Waals surface area contributed by atoms with Crippen LogP contribution in [0.1, 0.15) is 34.6 Å². The average Bonchev–Trinajstić information content (AvgIpc) is 2.19. The minimum absolute atomic E-state index is 0.225. The van der Waals surface area contributed by atoms with Crippen LogP contribution < -0.4 is 4.74 Å². The minimum atomic E-state index is -1.13. The van der Waals surface area contributed by atoms with Crippen molar-refractivity contribution in [3.05, 3.63) is 21.0 Å². The van der Waals surface area contributed by atoms with Gasteiger partial charge in [0.1, 0.15) is 9.30 Å². The van der Waals surface area contributed by atoms with Crippen molar-refractivity contribution in [2.24, 2.45) is 0 Å². The molecule has 0 atom stereocenters. The highest BCUT2D eigenvalue weighted by atomic mass is 127. The Morgan fingerprint density at radius 1 is 1.26 bits per heavy atom. The number of aromatic nitrogens is 1. The molecule has 0 aliphatic heterocycles. The van der Waals surface area contributed by atoms with E-state index in [1.165, 1.54) is 0 Å². The lowest BCUT2D eigenvalue weighted by Crippen LogP contribution is -2.43. The molecule has 0 aliphatic rings. The summed E-state index contributed by atoms with van der Waals surface area (Å²) in [7, 11) is 0. The maximum Gasteiger partial charge on any atom is 0.350 e. The third-order valence-corrected chi connectivity index (χ3v) is 2.91. The van der Waals surface area contributed by atoms with Crippen LogP contribution in [0.25, 0.3) is 0 Å². The highest BCUT2D eigenvalue weighted by molar-refractivity contribution is 14.1. The molecule has 0 unspecified atom stereocenters. The van der Waals surface area contributed by atoms with Crippen LogP contribution in [0.2, 0.25) is 5.15 Å². The van der Waals surface area contributed by atoms with E-state index in [9.17, 15) is 4.79 Å². The summed E-state index contributed by atoms with van der Waals surface area (Å²) in [4.78, 5) is 16.1. The molecule has 0 aliphatic carbocycles. The molecule has 0 N–H and O–H groups in total. The fourth-order valence-electron chi connectivity index (χ4n) is 1.19. The summed E-state index contributed by atoms with van der Waals surface area (Å²) in [6.07, 6.45) is 0. The van der Waals surface area contributed by atoms with Gasteiger partial charge in [-0.2, -0.15) is 0 Å². The number of ether oxygens (including phenoxy) is 2. The maximum absolute atomic E-state index is 12.1. The monoisotopic (exact) mass is 397 g/mol. The molecule has 0 saturated heterocycles. The van der Waals surface area contributed by atoms with E-state index in [0.29, 0.717) is 5.75 Å². The standard InChI is InChI=1S/C13H17ClINO3/c1-12(2,3)19-11(17)13(4,5)18-8-6-7-9(15)16-10(8)14/h6-7H,1-5H3. The van der Waals surface area contributed by atoms with Crippen molar-refractivity contribution in [3.63, 3.8) is 0 Å². The van der Waals surface area contributed by atoms with E-state index in [4.69, 9.17) is 21.1 Å². The summed E-state index contributed by atoms with van der Waals surface area (Å²) in [6.45, 7) is 8.69. The van der Waals surface area contributed by atoms with Gasteiger partial charge >= 0.3 is 5.97 Å². The molecule has 0 bridgehead atoms. The Labute approximate surface area is 132 Å². The summed E-state index contributed by atoms with van der Waals surface area (Å²) in [5, 5.41) is 0.225. The first kappa shape index (κ1) is 16.5. The highest BCUT2D eigenvalue weighted by Crippen LogP contribution is 2.28. The lowest BCUT2D eigenvalue weighted by molar-refractivity contribution is -0.170. The summed E-state index contributed by atoms with van der Waals surface area (Å²) >= 11 is 8.03. The molecule has 4 nitrogen and oxygen atoms in total. The molecular weight excluding hydrogens is 381 g/mol. The Bertz CT molecular complexity index is 483. The summed E-state index contributed by atoms with van der Waals surface area (Å²) in [5.74, 6) is -0.0902. The SMILES string of the molecule is CC(C)(C)OC(=O)C(C)(C)Oc1ccc(I)nc1Cl. The molecule has 0 saturated carbocycles. The van der Waals surface area contributed by atoms with Gasteiger partial charge in [-0.25, -0.2) is 9.78 Å². The van der Waals surface area contributed by atoms with Crippen LogP contribution in [0.15, 0.2) is 12.1 Å². The lowest BCUT2D eigenvalue weighted by Gasteiger charge is -2.29. The summed E-state index contributed by atoms with van der Waals surface area (Å²) in [5.41, 5.74) is -1.70. The van der Waals surface area contributed by atoms with Gasteiger partial charge in [-0.1, -0.05) is 11.6 Å². The molecule has 1 aromatic rings. The number of hydrogen-bond acceptors (Lipinski definition) is 4. The van der Waals surface area contributed by atoms with Crippen molar-refractivity contribution < 1.29 is 14.3 Å². The van der Waals surface area contributed by atoms with Crippen LogP contribution in [0, 0.1) is 3.70 Å². The second-order valence-electron chi connectivity index (χ2n) is 5.54. The van der Waals surface area contributed by atoms with Crippen LogP contribution >= 0.6 is 34.2 Å². The molecular formula is C13H17ClINO3. The van der Waals surface area contributed by atoms with Gasteiger partial charge in [0.25, 0.3) is 0 Å². The number of rotatable bonds is 3.